The molecule has 0 unspecified atom stereocenters. The Morgan fingerprint density at radius 2 is 2.13 bits per heavy atom. The van der Waals surface area contributed by atoms with Crippen molar-refractivity contribution in [3.05, 3.63) is 46.6 Å². The van der Waals surface area contributed by atoms with Crippen LogP contribution in [0.15, 0.2) is 40.4 Å². The number of ether oxygens (including phenoxy) is 1. The number of H-pyrrole nitrogens is 1. The summed E-state index contributed by atoms with van der Waals surface area (Å²) in [6.07, 6.45) is 1.39. The fraction of sp³-hybridized carbons (Fsp3) is 0.143. The highest BCUT2D eigenvalue weighted by Gasteiger charge is 2.13. The van der Waals surface area contributed by atoms with Crippen molar-refractivity contribution in [1.82, 2.24) is 19.7 Å². The summed E-state index contributed by atoms with van der Waals surface area (Å²) in [6, 6.07) is 5.66. The first-order valence-corrected chi connectivity index (χ1v) is 7.50. The number of hydrogen-bond acceptors (Lipinski definition) is 6. The Morgan fingerprint density at radius 3 is 2.83 bits per heavy atom. The summed E-state index contributed by atoms with van der Waals surface area (Å²) < 4.78 is 19.0. The maximum atomic E-state index is 13.0. The van der Waals surface area contributed by atoms with Crippen molar-refractivity contribution < 1.29 is 13.9 Å². The van der Waals surface area contributed by atoms with Crippen LogP contribution in [0.5, 0.6) is 0 Å². The van der Waals surface area contributed by atoms with Crippen LogP contribution < -0.4 is 5.56 Å². The summed E-state index contributed by atoms with van der Waals surface area (Å²) in [5.74, 6) is -0.773. The van der Waals surface area contributed by atoms with Gasteiger partial charge in [0.25, 0.3) is 5.56 Å². The zero-order valence-electron chi connectivity index (χ0n) is 11.9. The molecule has 1 aromatic carbocycles. The summed E-state index contributed by atoms with van der Waals surface area (Å²) in [7, 11) is 1.28. The van der Waals surface area contributed by atoms with E-state index in [1.165, 1.54) is 42.3 Å². The number of rotatable bonds is 4. The van der Waals surface area contributed by atoms with Crippen LogP contribution in [0.2, 0.25) is 0 Å². The molecular formula is C14H11FN4O3S. The maximum absolute atomic E-state index is 13.0. The Labute approximate surface area is 133 Å². The van der Waals surface area contributed by atoms with E-state index in [4.69, 9.17) is 0 Å². The highest BCUT2D eigenvalue weighted by molar-refractivity contribution is 7.99. The van der Waals surface area contributed by atoms with Crippen LogP contribution in [0.1, 0.15) is 0 Å². The molecule has 23 heavy (non-hydrogen) atoms. The highest BCUT2D eigenvalue weighted by atomic mass is 32.2. The number of methoxy groups -OCH3 is 1. The molecule has 2 heterocycles. The molecule has 0 saturated heterocycles. The van der Waals surface area contributed by atoms with E-state index in [1.807, 2.05) is 0 Å². The lowest BCUT2D eigenvalue weighted by atomic mass is 10.3. The summed E-state index contributed by atoms with van der Waals surface area (Å²) >= 11 is 1.05. The molecule has 7 nitrogen and oxygen atoms in total. The van der Waals surface area contributed by atoms with Crippen molar-refractivity contribution in [3.63, 3.8) is 0 Å². The first kappa shape index (κ1) is 15.2. The van der Waals surface area contributed by atoms with E-state index in [2.05, 4.69) is 19.8 Å². The molecule has 0 aliphatic rings. The van der Waals surface area contributed by atoms with Gasteiger partial charge in [0, 0.05) is 0 Å². The topological polar surface area (TPSA) is 89.9 Å². The standard InChI is InChI=1S/C14H11FN4O3S/c1-22-11(20)7-23-14-17-12-10(13(21)18-14)6-16-19(12)9-4-2-8(15)3-5-9/h2-6H,7H2,1H3,(H,17,18,21). The zero-order chi connectivity index (χ0) is 16.4. The van der Waals surface area contributed by atoms with Crippen LogP contribution in [0, 0.1) is 5.82 Å². The quantitative estimate of drug-likeness (QED) is 0.442. The van der Waals surface area contributed by atoms with E-state index in [0.717, 1.165) is 11.8 Å². The lowest BCUT2D eigenvalue weighted by Crippen LogP contribution is -2.11. The maximum Gasteiger partial charge on any atom is 0.316 e. The molecule has 0 fully saturated rings. The number of nitrogens with zero attached hydrogens (tertiary/aromatic N) is 3. The zero-order valence-corrected chi connectivity index (χ0v) is 12.8. The van der Waals surface area contributed by atoms with Crippen molar-refractivity contribution >= 4 is 28.8 Å². The second kappa shape index (κ2) is 6.21. The summed E-state index contributed by atoms with van der Waals surface area (Å²) in [5, 5.41) is 4.70. The van der Waals surface area contributed by atoms with Gasteiger partial charge in [-0.05, 0) is 24.3 Å². The molecule has 1 N–H and O–H groups in total. The number of halogens is 1. The van der Waals surface area contributed by atoms with Gasteiger partial charge in [0.2, 0.25) is 0 Å². The second-order valence-electron chi connectivity index (χ2n) is 4.51. The van der Waals surface area contributed by atoms with Crippen LogP contribution in [0.4, 0.5) is 4.39 Å². The van der Waals surface area contributed by atoms with Gasteiger partial charge in [0.15, 0.2) is 10.8 Å². The Morgan fingerprint density at radius 1 is 1.39 bits per heavy atom. The second-order valence-corrected chi connectivity index (χ2v) is 5.47. The van der Waals surface area contributed by atoms with Crippen molar-refractivity contribution in [2.75, 3.05) is 12.9 Å². The molecule has 0 spiro atoms. The van der Waals surface area contributed by atoms with Gasteiger partial charge in [-0.2, -0.15) is 5.10 Å². The molecular weight excluding hydrogens is 323 g/mol. The molecule has 0 aliphatic carbocycles. The minimum Gasteiger partial charge on any atom is -0.468 e. The van der Waals surface area contributed by atoms with Gasteiger partial charge in [-0.3, -0.25) is 9.59 Å². The minimum absolute atomic E-state index is 0.0234. The molecule has 118 valence electrons. The number of aromatic nitrogens is 4. The Balaban J connectivity index is 2.03. The molecule has 0 bridgehead atoms. The smallest absolute Gasteiger partial charge is 0.316 e. The summed E-state index contributed by atoms with van der Waals surface area (Å²) in [6.45, 7) is 0. The van der Waals surface area contributed by atoms with E-state index in [1.54, 1.807) is 0 Å². The summed E-state index contributed by atoms with van der Waals surface area (Å²) in [4.78, 5) is 30.1. The minimum atomic E-state index is -0.426. The van der Waals surface area contributed by atoms with E-state index in [0.29, 0.717) is 16.7 Å². The van der Waals surface area contributed by atoms with Crippen LogP contribution in [0.25, 0.3) is 16.7 Å². The van der Waals surface area contributed by atoms with Gasteiger partial charge in [-0.15, -0.1) is 0 Å². The Kier molecular flexibility index (Phi) is 4.11. The Hall–Kier alpha value is -2.68. The predicted octanol–water partition coefficient (Wildman–Crippen LogP) is 1.51. The van der Waals surface area contributed by atoms with E-state index in [-0.39, 0.29) is 22.3 Å². The van der Waals surface area contributed by atoms with Gasteiger partial charge in [0.05, 0.1) is 24.7 Å². The van der Waals surface area contributed by atoms with Gasteiger partial charge >= 0.3 is 5.97 Å². The van der Waals surface area contributed by atoms with E-state index in [9.17, 15) is 14.0 Å². The lowest BCUT2D eigenvalue weighted by molar-refractivity contribution is -0.137. The van der Waals surface area contributed by atoms with Crippen LogP contribution in [0.3, 0.4) is 0 Å². The fourth-order valence-electron chi connectivity index (χ4n) is 1.92. The third-order valence-corrected chi connectivity index (χ3v) is 3.89. The largest absolute Gasteiger partial charge is 0.468 e. The van der Waals surface area contributed by atoms with Crippen molar-refractivity contribution in [1.29, 1.82) is 0 Å². The number of fused-ring (bicyclic) bond motifs is 1. The number of esters is 1. The van der Waals surface area contributed by atoms with Crippen molar-refractivity contribution in [3.8, 4) is 5.69 Å². The average molecular weight is 334 g/mol. The third kappa shape index (κ3) is 3.09. The van der Waals surface area contributed by atoms with Crippen LogP contribution >= 0.6 is 11.8 Å². The van der Waals surface area contributed by atoms with Crippen LogP contribution in [-0.4, -0.2) is 38.6 Å². The number of aromatic amines is 1. The number of carbonyl (C=O) groups excluding carboxylic acids is 1. The van der Waals surface area contributed by atoms with Gasteiger partial charge in [-0.1, -0.05) is 11.8 Å². The first-order chi connectivity index (χ1) is 11.1. The lowest BCUT2D eigenvalue weighted by Gasteiger charge is -2.04. The third-order valence-electron chi connectivity index (χ3n) is 3.04. The number of thioether (sulfide) groups is 1. The molecule has 0 aliphatic heterocycles. The number of carbonyl (C=O) groups is 1. The molecule has 0 saturated carbocycles. The molecule has 3 aromatic rings. The van der Waals surface area contributed by atoms with Gasteiger partial charge in [-0.25, -0.2) is 14.1 Å². The molecule has 0 radical (unpaired) electrons. The van der Waals surface area contributed by atoms with Crippen molar-refractivity contribution in [2.45, 2.75) is 5.16 Å². The summed E-state index contributed by atoms with van der Waals surface area (Å²) in [5.41, 5.74) is 0.534. The van der Waals surface area contributed by atoms with Gasteiger partial charge in [0.1, 0.15) is 11.2 Å². The van der Waals surface area contributed by atoms with Crippen molar-refractivity contribution in [2.24, 2.45) is 0 Å². The molecule has 9 heteroatoms. The first-order valence-electron chi connectivity index (χ1n) is 6.52. The number of benzene rings is 1. The number of nitrogens with one attached hydrogen (secondary N) is 1. The highest BCUT2D eigenvalue weighted by Crippen LogP contribution is 2.18. The van der Waals surface area contributed by atoms with Gasteiger partial charge < -0.3 is 9.72 Å². The normalized spacial score (nSPS) is 10.9. The van der Waals surface area contributed by atoms with Crippen LogP contribution in [-0.2, 0) is 9.53 Å². The average Bonchev–Trinajstić information content (AvgIpc) is 2.98. The molecule has 2 aromatic heterocycles. The number of hydrogen-bond donors (Lipinski definition) is 1. The molecule has 0 amide bonds. The Bertz CT molecular complexity index is 920. The monoisotopic (exact) mass is 334 g/mol. The predicted molar refractivity (Wildman–Crippen MR) is 82.2 cm³/mol. The van der Waals surface area contributed by atoms with E-state index >= 15 is 0 Å². The van der Waals surface area contributed by atoms with E-state index < -0.39 is 5.97 Å². The SMILES string of the molecule is COC(=O)CSc1nc2c(cnn2-c2ccc(F)cc2)c(=O)[nH]1. The molecule has 3 rings (SSSR count). The molecule has 0 atom stereocenters. The fourth-order valence-corrected chi connectivity index (χ4v) is 2.61.